The Morgan fingerprint density at radius 2 is 1.69 bits per heavy atom. The second kappa shape index (κ2) is 13.7. The van der Waals surface area contributed by atoms with Crippen molar-refractivity contribution in [3.05, 3.63) is 101 Å². The molecule has 8 nitrogen and oxygen atoms in total. The molecule has 220 valence electrons. The lowest BCUT2D eigenvalue weighted by Crippen LogP contribution is -2.38. The zero-order valence-electron chi connectivity index (χ0n) is 24.3. The number of aliphatic hydroxyl groups is 1. The van der Waals surface area contributed by atoms with Crippen molar-refractivity contribution < 1.29 is 28.9 Å². The number of rotatable bonds is 11. The van der Waals surface area contributed by atoms with Crippen LogP contribution in [0, 0.1) is 6.92 Å². The lowest BCUT2D eigenvalue weighted by Gasteiger charge is -2.29. The summed E-state index contributed by atoms with van der Waals surface area (Å²) in [6.45, 7) is 9.03. The van der Waals surface area contributed by atoms with Crippen LogP contribution in [0.25, 0.3) is 5.76 Å². The second-order valence-electron chi connectivity index (χ2n) is 10.6. The van der Waals surface area contributed by atoms with Gasteiger partial charge in [0.2, 0.25) is 0 Å². The van der Waals surface area contributed by atoms with E-state index in [-0.39, 0.29) is 11.3 Å². The summed E-state index contributed by atoms with van der Waals surface area (Å²) in [5, 5.41) is 11.5. The van der Waals surface area contributed by atoms with Crippen LogP contribution in [0.4, 0.5) is 0 Å². The van der Waals surface area contributed by atoms with Crippen molar-refractivity contribution in [3.8, 4) is 11.5 Å². The summed E-state index contributed by atoms with van der Waals surface area (Å²) in [7, 11) is 0. The van der Waals surface area contributed by atoms with E-state index in [9.17, 15) is 14.7 Å². The number of morpholine rings is 1. The molecule has 2 heterocycles. The van der Waals surface area contributed by atoms with Crippen molar-refractivity contribution in [2.24, 2.45) is 0 Å². The summed E-state index contributed by atoms with van der Waals surface area (Å²) in [4.78, 5) is 30.8. The molecule has 3 aromatic carbocycles. The molecular weight excluding hydrogens is 532 g/mol. The quantitative estimate of drug-likeness (QED) is 0.195. The van der Waals surface area contributed by atoms with Gasteiger partial charge in [-0.15, -0.1) is 0 Å². The minimum atomic E-state index is -0.718. The summed E-state index contributed by atoms with van der Waals surface area (Å²) in [5.74, 6) is -0.0887. The normalized spacial score (nSPS) is 18.8. The summed E-state index contributed by atoms with van der Waals surface area (Å²) >= 11 is 0. The predicted molar refractivity (Wildman–Crippen MR) is 160 cm³/mol. The number of likely N-dealkylation sites (tertiary alicyclic amines) is 1. The van der Waals surface area contributed by atoms with E-state index in [4.69, 9.17) is 14.2 Å². The Bertz CT molecular complexity index is 1410. The van der Waals surface area contributed by atoms with Crippen LogP contribution in [0.1, 0.15) is 41.6 Å². The van der Waals surface area contributed by atoms with Gasteiger partial charge in [-0.3, -0.25) is 14.5 Å². The zero-order valence-corrected chi connectivity index (χ0v) is 24.3. The minimum Gasteiger partial charge on any atom is -0.507 e. The number of carbonyl (C=O) groups is 2. The fourth-order valence-electron chi connectivity index (χ4n) is 5.50. The van der Waals surface area contributed by atoms with Crippen LogP contribution in [-0.4, -0.2) is 72.6 Å². The van der Waals surface area contributed by atoms with Gasteiger partial charge in [0.15, 0.2) is 0 Å². The van der Waals surface area contributed by atoms with Crippen molar-refractivity contribution >= 4 is 17.4 Å². The third-order valence-corrected chi connectivity index (χ3v) is 7.71. The number of aryl methyl sites for hydroxylation is 1. The van der Waals surface area contributed by atoms with E-state index in [0.29, 0.717) is 56.5 Å². The highest BCUT2D eigenvalue weighted by atomic mass is 16.5. The molecule has 8 heteroatoms. The number of ketones is 1. The molecule has 0 radical (unpaired) electrons. The van der Waals surface area contributed by atoms with E-state index in [1.54, 1.807) is 23.1 Å². The fourth-order valence-corrected chi connectivity index (χ4v) is 5.50. The van der Waals surface area contributed by atoms with Crippen LogP contribution in [-0.2, 0) is 20.9 Å². The first-order valence-electron chi connectivity index (χ1n) is 14.5. The molecule has 0 aliphatic carbocycles. The van der Waals surface area contributed by atoms with Crippen LogP contribution in [0.15, 0.2) is 78.4 Å². The maximum Gasteiger partial charge on any atom is 0.295 e. The van der Waals surface area contributed by atoms with Gasteiger partial charge in [-0.1, -0.05) is 42.5 Å². The lowest BCUT2D eigenvalue weighted by molar-refractivity contribution is -0.140. The number of nitrogens with zero attached hydrogens (tertiary/aromatic N) is 2. The highest BCUT2D eigenvalue weighted by Crippen LogP contribution is 2.40. The van der Waals surface area contributed by atoms with Gasteiger partial charge in [0.25, 0.3) is 11.7 Å². The molecule has 1 amide bonds. The molecular formula is C34H38N2O6. The van der Waals surface area contributed by atoms with E-state index in [1.165, 1.54) is 0 Å². The fraction of sp³-hybridized carbons (Fsp3) is 0.353. The molecule has 5 rings (SSSR count). The third kappa shape index (κ3) is 6.66. The summed E-state index contributed by atoms with van der Waals surface area (Å²) in [5.41, 5.74) is 3.18. The molecule has 3 aromatic rings. The molecule has 1 unspecified atom stereocenters. The number of aliphatic hydroxyl groups excluding tert-OH is 1. The zero-order chi connectivity index (χ0) is 29.5. The van der Waals surface area contributed by atoms with Gasteiger partial charge >= 0.3 is 0 Å². The van der Waals surface area contributed by atoms with Gasteiger partial charge in [-0.2, -0.15) is 0 Å². The Morgan fingerprint density at radius 3 is 2.38 bits per heavy atom. The van der Waals surface area contributed by atoms with Gasteiger partial charge in [0.05, 0.1) is 31.4 Å². The summed E-state index contributed by atoms with van der Waals surface area (Å²) in [6.07, 6.45) is 0.698. The average Bonchev–Trinajstić information content (AvgIpc) is 3.27. The second-order valence-corrected chi connectivity index (χ2v) is 10.6. The van der Waals surface area contributed by atoms with Crippen molar-refractivity contribution in [2.45, 2.75) is 32.9 Å². The smallest absolute Gasteiger partial charge is 0.295 e. The minimum absolute atomic E-state index is 0.0906. The number of Topliss-reactive ketones (excluding diaryl/α,β-unsaturated/α-hetero) is 1. The number of benzene rings is 3. The van der Waals surface area contributed by atoms with E-state index < -0.39 is 17.7 Å². The first kappa shape index (κ1) is 29.4. The highest BCUT2D eigenvalue weighted by molar-refractivity contribution is 6.46. The van der Waals surface area contributed by atoms with Crippen molar-refractivity contribution in [1.82, 2.24) is 9.80 Å². The maximum absolute atomic E-state index is 13.5. The first-order chi connectivity index (χ1) is 20.5. The number of amides is 1. The predicted octanol–water partition coefficient (Wildman–Crippen LogP) is 5.12. The molecule has 2 saturated heterocycles. The SMILES string of the molecule is CCOc1ccc(C(O)=C2C(=O)C(=O)N(CCCN3CCOCC3)C2c2ccc(OCc3ccccc3)cc2)cc1C. The monoisotopic (exact) mass is 570 g/mol. The van der Waals surface area contributed by atoms with Crippen LogP contribution < -0.4 is 9.47 Å². The molecule has 2 fully saturated rings. The maximum atomic E-state index is 13.5. The van der Waals surface area contributed by atoms with Crippen LogP contribution in [0.5, 0.6) is 11.5 Å². The number of carbonyl (C=O) groups excluding carboxylic acids is 2. The lowest BCUT2D eigenvalue weighted by atomic mass is 9.94. The molecule has 2 aliphatic heterocycles. The highest BCUT2D eigenvalue weighted by Gasteiger charge is 2.45. The Balaban J connectivity index is 1.43. The Hall–Kier alpha value is -4.14. The van der Waals surface area contributed by atoms with Gasteiger partial charge in [0.1, 0.15) is 23.9 Å². The molecule has 42 heavy (non-hydrogen) atoms. The standard InChI is InChI=1S/C34H38N2O6/c1-3-41-29-15-12-27(22-24(29)2)32(37)30-31(26-10-13-28(14-11-26)42-23-25-8-5-4-6-9-25)36(34(39)33(30)38)17-7-16-35-18-20-40-21-19-35/h4-6,8-15,22,31,37H,3,7,16-21,23H2,1-2H3. The molecule has 2 aliphatic rings. The Kier molecular flexibility index (Phi) is 9.56. The van der Waals surface area contributed by atoms with Gasteiger partial charge < -0.3 is 24.2 Å². The summed E-state index contributed by atoms with van der Waals surface area (Å²) in [6, 6.07) is 21.9. The molecule has 0 bridgehead atoms. The Morgan fingerprint density at radius 1 is 0.952 bits per heavy atom. The molecule has 0 aromatic heterocycles. The van der Waals surface area contributed by atoms with Crippen LogP contribution >= 0.6 is 0 Å². The number of ether oxygens (including phenoxy) is 3. The third-order valence-electron chi connectivity index (χ3n) is 7.71. The van der Waals surface area contributed by atoms with Crippen molar-refractivity contribution in [1.29, 1.82) is 0 Å². The molecule has 0 saturated carbocycles. The van der Waals surface area contributed by atoms with Gasteiger partial charge in [0, 0.05) is 31.7 Å². The number of hydrogen-bond donors (Lipinski definition) is 1. The topological polar surface area (TPSA) is 88.5 Å². The Labute approximate surface area is 247 Å². The van der Waals surface area contributed by atoms with E-state index in [2.05, 4.69) is 4.90 Å². The van der Waals surface area contributed by atoms with Gasteiger partial charge in [-0.05, 0) is 67.3 Å². The summed E-state index contributed by atoms with van der Waals surface area (Å²) < 4.78 is 17.1. The van der Waals surface area contributed by atoms with E-state index >= 15 is 0 Å². The van der Waals surface area contributed by atoms with Crippen molar-refractivity contribution in [3.63, 3.8) is 0 Å². The van der Waals surface area contributed by atoms with Crippen LogP contribution in [0.2, 0.25) is 0 Å². The van der Waals surface area contributed by atoms with Crippen LogP contribution in [0.3, 0.4) is 0 Å². The molecule has 1 N–H and O–H groups in total. The van der Waals surface area contributed by atoms with E-state index in [1.807, 2.05) is 68.4 Å². The number of hydrogen-bond acceptors (Lipinski definition) is 7. The van der Waals surface area contributed by atoms with Gasteiger partial charge in [-0.25, -0.2) is 0 Å². The van der Waals surface area contributed by atoms with Crippen molar-refractivity contribution in [2.75, 3.05) is 46.0 Å². The molecule has 1 atom stereocenters. The average molecular weight is 571 g/mol. The van der Waals surface area contributed by atoms with E-state index in [0.717, 1.165) is 36.3 Å². The first-order valence-corrected chi connectivity index (χ1v) is 14.5. The largest absolute Gasteiger partial charge is 0.507 e. The molecule has 0 spiro atoms.